The normalized spacial score (nSPS) is 19.2. The molecular weight excluding hydrogens is 514 g/mol. The third-order valence-electron chi connectivity index (χ3n) is 6.38. The number of ether oxygens (including phenoxy) is 1. The Labute approximate surface area is 218 Å². The smallest absolute Gasteiger partial charge is 0.338 e. The van der Waals surface area contributed by atoms with Crippen molar-refractivity contribution in [3.63, 3.8) is 0 Å². The largest absolute Gasteiger partial charge is 0.424 e. The Balaban J connectivity index is 1.69. The number of benzene rings is 4. The van der Waals surface area contributed by atoms with E-state index in [1.165, 1.54) is 0 Å². The number of cyclic esters (lactones) is 1. The van der Waals surface area contributed by atoms with Gasteiger partial charge in [0.05, 0.1) is 0 Å². The molecule has 0 bridgehead atoms. The fourth-order valence-electron chi connectivity index (χ4n) is 4.62. The molecule has 4 aromatic carbocycles. The van der Waals surface area contributed by atoms with Gasteiger partial charge in [-0.2, -0.15) is 0 Å². The third kappa shape index (κ3) is 4.88. The zero-order chi connectivity index (χ0) is 25.0. The maximum Gasteiger partial charge on any atom is 0.338 e. The summed E-state index contributed by atoms with van der Waals surface area (Å²) in [5, 5.41) is 3.11. The second-order valence-electron chi connectivity index (χ2n) is 8.77. The molecule has 1 N–H and O–H groups in total. The summed E-state index contributed by atoms with van der Waals surface area (Å²) in [5.41, 5.74) is 1.71. The SMILES string of the molecule is O=C(N[C@]1(Cc2ccccc2)C(=O)OC(c2ccccc2)=C[C@@H]1c1cccc(Br)c1)c1ccccc1. The topological polar surface area (TPSA) is 55.4 Å². The zero-order valence-electron chi connectivity index (χ0n) is 19.4. The van der Waals surface area contributed by atoms with Crippen molar-refractivity contribution >= 4 is 33.6 Å². The summed E-state index contributed by atoms with van der Waals surface area (Å²) in [4.78, 5) is 27.6. The number of rotatable bonds is 6. The van der Waals surface area contributed by atoms with Gasteiger partial charge in [0.15, 0.2) is 5.54 Å². The molecule has 0 unspecified atom stereocenters. The van der Waals surface area contributed by atoms with E-state index < -0.39 is 17.4 Å². The van der Waals surface area contributed by atoms with Gasteiger partial charge >= 0.3 is 5.97 Å². The van der Waals surface area contributed by atoms with Gasteiger partial charge < -0.3 is 10.1 Å². The van der Waals surface area contributed by atoms with Gasteiger partial charge in [0.25, 0.3) is 5.91 Å². The third-order valence-corrected chi connectivity index (χ3v) is 6.87. The van der Waals surface area contributed by atoms with Crippen LogP contribution >= 0.6 is 15.9 Å². The number of nitrogens with one attached hydrogen (secondary N) is 1. The lowest BCUT2D eigenvalue weighted by molar-refractivity contribution is -0.145. The zero-order valence-corrected chi connectivity index (χ0v) is 21.0. The maximum atomic E-state index is 14.1. The summed E-state index contributed by atoms with van der Waals surface area (Å²) in [6, 6.07) is 36.0. The van der Waals surface area contributed by atoms with Crippen molar-refractivity contribution in [3.8, 4) is 0 Å². The predicted octanol–water partition coefficient (Wildman–Crippen LogP) is 6.54. The predicted molar refractivity (Wildman–Crippen MR) is 144 cm³/mol. The van der Waals surface area contributed by atoms with Crippen LogP contribution in [0.3, 0.4) is 0 Å². The minimum Gasteiger partial charge on any atom is -0.424 e. The molecule has 1 heterocycles. The Morgan fingerprint density at radius 2 is 1.47 bits per heavy atom. The van der Waals surface area contributed by atoms with Crippen molar-refractivity contribution < 1.29 is 14.3 Å². The lowest BCUT2D eigenvalue weighted by Crippen LogP contribution is -2.61. The first-order valence-electron chi connectivity index (χ1n) is 11.7. The molecule has 1 aliphatic rings. The van der Waals surface area contributed by atoms with Gasteiger partial charge in [0, 0.05) is 27.9 Å². The molecule has 1 amide bonds. The number of hydrogen-bond donors (Lipinski definition) is 1. The van der Waals surface area contributed by atoms with Gasteiger partial charge in [-0.1, -0.05) is 107 Å². The van der Waals surface area contributed by atoms with E-state index in [2.05, 4.69) is 21.2 Å². The number of hydrogen-bond acceptors (Lipinski definition) is 3. The van der Waals surface area contributed by atoms with Crippen molar-refractivity contribution in [1.82, 2.24) is 5.32 Å². The molecule has 5 rings (SSSR count). The maximum absolute atomic E-state index is 14.1. The molecular formula is C31H24BrNO3. The van der Waals surface area contributed by atoms with Gasteiger partial charge in [0.1, 0.15) is 5.76 Å². The average molecular weight is 538 g/mol. The Bertz CT molecular complexity index is 1400. The molecule has 0 aromatic heterocycles. The molecule has 0 saturated heterocycles. The van der Waals surface area contributed by atoms with Gasteiger partial charge in [-0.15, -0.1) is 0 Å². The van der Waals surface area contributed by atoms with Crippen molar-refractivity contribution in [2.24, 2.45) is 0 Å². The number of amides is 1. The van der Waals surface area contributed by atoms with Crippen LogP contribution in [0.15, 0.2) is 126 Å². The van der Waals surface area contributed by atoms with E-state index in [4.69, 9.17) is 4.74 Å². The van der Waals surface area contributed by atoms with Gasteiger partial charge in [-0.3, -0.25) is 4.79 Å². The van der Waals surface area contributed by atoms with Crippen LogP contribution in [0.25, 0.3) is 5.76 Å². The summed E-state index contributed by atoms with van der Waals surface area (Å²) < 4.78 is 6.86. The Morgan fingerprint density at radius 1 is 0.833 bits per heavy atom. The molecule has 0 radical (unpaired) electrons. The summed E-state index contributed by atoms with van der Waals surface area (Å²) in [6.07, 6.45) is 2.22. The quantitative estimate of drug-likeness (QED) is 0.284. The van der Waals surface area contributed by atoms with E-state index in [1.807, 2.05) is 97.1 Å². The van der Waals surface area contributed by atoms with E-state index in [9.17, 15) is 9.59 Å². The molecule has 0 aliphatic carbocycles. The van der Waals surface area contributed by atoms with Crippen LogP contribution in [0.5, 0.6) is 0 Å². The molecule has 1 aliphatic heterocycles. The van der Waals surface area contributed by atoms with Crippen molar-refractivity contribution in [2.75, 3.05) is 0 Å². The molecule has 2 atom stereocenters. The highest BCUT2D eigenvalue weighted by atomic mass is 79.9. The minimum atomic E-state index is -1.37. The Morgan fingerprint density at radius 3 is 2.14 bits per heavy atom. The van der Waals surface area contributed by atoms with E-state index in [-0.39, 0.29) is 12.3 Å². The fourth-order valence-corrected chi connectivity index (χ4v) is 5.04. The standard InChI is InChI=1S/C31H24BrNO3/c32-26-18-10-17-25(19-26)27-20-28(23-13-6-2-7-14-23)36-30(35)31(27,21-22-11-4-1-5-12-22)33-29(34)24-15-8-3-9-16-24/h1-20,27H,21H2,(H,33,34)/t27-,31+/m1/s1. The highest BCUT2D eigenvalue weighted by Gasteiger charge is 2.51. The van der Waals surface area contributed by atoms with E-state index >= 15 is 0 Å². The first-order valence-corrected chi connectivity index (χ1v) is 12.5. The molecule has 4 aromatic rings. The number of esters is 1. The Kier molecular flexibility index (Phi) is 6.83. The molecule has 36 heavy (non-hydrogen) atoms. The molecule has 4 nitrogen and oxygen atoms in total. The van der Waals surface area contributed by atoms with Crippen LogP contribution in [-0.2, 0) is 16.0 Å². The molecule has 5 heteroatoms. The Hall–Kier alpha value is -3.96. The minimum absolute atomic E-state index is 0.265. The van der Waals surface area contributed by atoms with Gasteiger partial charge in [-0.05, 0) is 41.5 Å². The molecule has 178 valence electrons. The van der Waals surface area contributed by atoms with Crippen molar-refractivity contribution in [3.05, 3.63) is 148 Å². The molecule has 0 fully saturated rings. The summed E-state index contributed by atoms with van der Waals surface area (Å²) in [5.74, 6) is -0.843. The van der Waals surface area contributed by atoms with Crippen LogP contribution < -0.4 is 5.32 Å². The van der Waals surface area contributed by atoms with Crippen LogP contribution in [0.2, 0.25) is 0 Å². The van der Waals surface area contributed by atoms with Gasteiger partial charge in [0.2, 0.25) is 0 Å². The first-order chi connectivity index (χ1) is 17.5. The van der Waals surface area contributed by atoms with Crippen molar-refractivity contribution in [1.29, 1.82) is 0 Å². The van der Waals surface area contributed by atoms with E-state index in [0.29, 0.717) is 11.3 Å². The first kappa shape index (κ1) is 23.8. The monoisotopic (exact) mass is 537 g/mol. The average Bonchev–Trinajstić information content (AvgIpc) is 2.91. The number of carbonyl (C=O) groups excluding carboxylic acids is 2. The van der Waals surface area contributed by atoms with Crippen molar-refractivity contribution in [2.45, 2.75) is 17.9 Å². The highest BCUT2D eigenvalue weighted by Crippen LogP contribution is 2.42. The lowest BCUT2D eigenvalue weighted by Gasteiger charge is -2.41. The number of halogens is 1. The van der Waals surface area contributed by atoms with E-state index in [0.717, 1.165) is 21.2 Å². The van der Waals surface area contributed by atoms with Crippen LogP contribution in [0.4, 0.5) is 0 Å². The molecule has 0 saturated carbocycles. The second kappa shape index (κ2) is 10.3. The second-order valence-corrected chi connectivity index (χ2v) is 9.69. The molecule has 0 spiro atoms. The summed E-state index contributed by atoms with van der Waals surface area (Å²) in [7, 11) is 0. The number of carbonyl (C=O) groups is 2. The highest BCUT2D eigenvalue weighted by molar-refractivity contribution is 9.10. The lowest BCUT2D eigenvalue weighted by atomic mass is 9.73. The summed E-state index contributed by atoms with van der Waals surface area (Å²) >= 11 is 3.57. The van der Waals surface area contributed by atoms with Crippen LogP contribution in [0.1, 0.15) is 33.0 Å². The van der Waals surface area contributed by atoms with Gasteiger partial charge in [-0.25, -0.2) is 4.79 Å². The summed E-state index contributed by atoms with van der Waals surface area (Å²) in [6.45, 7) is 0. The van der Waals surface area contributed by atoms with Crippen LogP contribution in [0, 0.1) is 0 Å². The van der Waals surface area contributed by atoms with E-state index in [1.54, 1.807) is 24.3 Å². The fraction of sp³-hybridized carbons (Fsp3) is 0.0968. The van der Waals surface area contributed by atoms with Crippen LogP contribution in [-0.4, -0.2) is 17.4 Å².